The maximum absolute atomic E-state index is 13.7. The number of aliphatic carboxylic acids is 1. The number of nitrogens with zero attached hydrogens (tertiary/aromatic N) is 6. The third-order valence-corrected chi connectivity index (χ3v) is 9.24. The van der Waals surface area contributed by atoms with Crippen molar-refractivity contribution in [1.82, 2.24) is 34.7 Å². The summed E-state index contributed by atoms with van der Waals surface area (Å²) in [6, 6.07) is 8.24. The summed E-state index contributed by atoms with van der Waals surface area (Å²) < 4.78 is 12.4. The van der Waals surface area contributed by atoms with Crippen LogP contribution in [0.5, 0.6) is 5.88 Å². The van der Waals surface area contributed by atoms with E-state index >= 15 is 0 Å². The van der Waals surface area contributed by atoms with Crippen molar-refractivity contribution in [2.24, 2.45) is 0 Å². The second-order valence-electron chi connectivity index (χ2n) is 12.8. The van der Waals surface area contributed by atoms with E-state index < -0.39 is 48.6 Å². The van der Waals surface area contributed by atoms with Crippen LogP contribution in [0.4, 0.5) is 4.79 Å². The number of rotatable bonds is 13. The number of hydrogen-bond acceptors (Lipinski definition) is 9. The Morgan fingerprint density at radius 3 is 2.44 bits per heavy atom. The van der Waals surface area contributed by atoms with Crippen molar-refractivity contribution in [2.45, 2.75) is 76.5 Å². The van der Waals surface area contributed by atoms with Gasteiger partial charge in [0.1, 0.15) is 12.1 Å². The molecular formula is C34H45N7O9. The van der Waals surface area contributed by atoms with Gasteiger partial charge in [0.15, 0.2) is 12.3 Å². The van der Waals surface area contributed by atoms with Gasteiger partial charge in [-0.1, -0.05) is 18.2 Å². The van der Waals surface area contributed by atoms with E-state index in [1.54, 1.807) is 61.0 Å². The summed E-state index contributed by atoms with van der Waals surface area (Å²) in [6.07, 6.45) is 2.18. The van der Waals surface area contributed by atoms with Crippen LogP contribution in [0.3, 0.4) is 0 Å². The number of ether oxygens (including phenoxy) is 2. The van der Waals surface area contributed by atoms with Gasteiger partial charge < -0.3 is 39.5 Å². The predicted molar refractivity (Wildman–Crippen MR) is 177 cm³/mol. The zero-order valence-electron chi connectivity index (χ0n) is 28.7. The minimum absolute atomic E-state index is 0.0751. The Labute approximate surface area is 290 Å². The van der Waals surface area contributed by atoms with Crippen LogP contribution in [0.1, 0.15) is 62.9 Å². The molecule has 0 spiro atoms. The molecule has 2 saturated heterocycles. The summed E-state index contributed by atoms with van der Waals surface area (Å²) in [5, 5.41) is 16.5. The first-order valence-corrected chi connectivity index (χ1v) is 17.1. The summed E-state index contributed by atoms with van der Waals surface area (Å²) in [4.78, 5) is 83.8. The van der Waals surface area contributed by atoms with Gasteiger partial charge in [-0.25, -0.2) is 9.48 Å². The molecule has 1 aromatic carbocycles. The number of hydrogen-bond donors (Lipinski definition) is 2. The standard InChI is InChI=1S/C34H45N7O9/c1-4-49-34(48)38-17-18-39(22(2)20-38)32(46)25(14-15-30(43)44)35-31(45)26-19-29(41(36-26)24-9-6-5-7-10-24)50-21-28(42)40-16-8-11-27(40)33(47)37(3)23-12-13-23/h5-7,9-10,19,22-23,25,27H,4,8,11-18,20-21H2,1-3H3,(H,35,45)(H,43,44)/t22-,25+,27+/m1/s1. The second-order valence-corrected chi connectivity index (χ2v) is 12.8. The van der Waals surface area contributed by atoms with Crippen LogP contribution in [0.25, 0.3) is 5.69 Å². The Kier molecular flexibility index (Phi) is 11.6. The Hall–Kier alpha value is -5.15. The fourth-order valence-electron chi connectivity index (χ4n) is 6.37. The van der Waals surface area contributed by atoms with E-state index in [1.165, 1.54) is 20.5 Å². The lowest BCUT2D eigenvalue weighted by molar-refractivity contribution is -0.144. The SMILES string of the molecule is CCOC(=O)N1CCN(C(=O)[C@H](CCC(=O)O)NC(=O)c2cc(OCC(=O)N3CCC[C@H]3C(=O)N(C)C3CC3)n(-c3ccccc3)n2)[C@H](C)C1. The number of likely N-dealkylation sites (tertiary alicyclic amines) is 1. The fourth-order valence-corrected chi connectivity index (χ4v) is 6.37. The maximum atomic E-state index is 13.7. The molecule has 5 rings (SSSR count). The number of carbonyl (C=O) groups is 6. The first kappa shape index (κ1) is 36.1. The minimum Gasteiger partial charge on any atom is -0.481 e. The summed E-state index contributed by atoms with van der Waals surface area (Å²) in [5.74, 6) is -2.72. The number of amides is 5. The molecule has 3 heterocycles. The number of nitrogens with one attached hydrogen (secondary N) is 1. The molecule has 0 radical (unpaired) electrons. The molecule has 1 aromatic heterocycles. The fraction of sp³-hybridized carbons (Fsp3) is 0.559. The number of aromatic nitrogens is 2. The molecule has 0 unspecified atom stereocenters. The van der Waals surface area contributed by atoms with E-state index in [1.807, 2.05) is 0 Å². The van der Waals surface area contributed by atoms with Gasteiger partial charge in [0.25, 0.3) is 11.8 Å². The van der Waals surface area contributed by atoms with E-state index in [9.17, 15) is 33.9 Å². The van der Waals surface area contributed by atoms with Crippen molar-refractivity contribution in [3.05, 3.63) is 42.1 Å². The summed E-state index contributed by atoms with van der Waals surface area (Å²) in [6.45, 7) is 4.34. The number of carboxylic acid groups (broad SMARTS) is 1. The Bertz CT molecular complexity index is 1580. The topological polar surface area (TPSA) is 184 Å². The zero-order chi connectivity index (χ0) is 35.9. The number of para-hydroxylation sites is 1. The molecule has 3 fully saturated rings. The second kappa shape index (κ2) is 16.0. The van der Waals surface area contributed by atoms with E-state index in [-0.39, 0.29) is 68.5 Å². The van der Waals surface area contributed by atoms with Gasteiger partial charge in [-0.3, -0.25) is 24.0 Å². The molecule has 3 aliphatic rings. The number of carbonyl (C=O) groups excluding carboxylic acids is 5. The summed E-state index contributed by atoms with van der Waals surface area (Å²) in [5.41, 5.74) is 0.422. The highest BCUT2D eigenvalue weighted by Crippen LogP contribution is 2.29. The highest BCUT2D eigenvalue weighted by Gasteiger charge is 2.40. The lowest BCUT2D eigenvalue weighted by atomic mass is 10.1. The quantitative estimate of drug-likeness (QED) is 0.312. The molecule has 0 bridgehead atoms. The molecule has 2 aromatic rings. The number of piperazine rings is 1. The predicted octanol–water partition coefficient (Wildman–Crippen LogP) is 1.52. The lowest BCUT2D eigenvalue weighted by Gasteiger charge is -2.40. The largest absolute Gasteiger partial charge is 0.481 e. The smallest absolute Gasteiger partial charge is 0.409 e. The molecule has 2 N–H and O–H groups in total. The lowest BCUT2D eigenvalue weighted by Crippen LogP contribution is -2.59. The van der Waals surface area contributed by atoms with E-state index in [0.717, 1.165) is 12.8 Å². The van der Waals surface area contributed by atoms with Crippen molar-refractivity contribution in [3.8, 4) is 11.6 Å². The molecule has 16 heteroatoms. The average Bonchev–Trinajstić information content (AvgIpc) is 3.68. The summed E-state index contributed by atoms with van der Waals surface area (Å²) in [7, 11) is 1.77. The molecule has 2 aliphatic heterocycles. The van der Waals surface area contributed by atoms with Crippen LogP contribution >= 0.6 is 0 Å². The molecule has 50 heavy (non-hydrogen) atoms. The highest BCUT2D eigenvalue weighted by molar-refractivity contribution is 5.96. The highest BCUT2D eigenvalue weighted by atomic mass is 16.6. The van der Waals surface area contributed by atoms with Crippen LogP contribution in [0.2, 0.25) is 0 Å². The minimum atomic E-state index is -1.19. The normalized spacial score (nSPS) is 19.5. The van der Waals surface area contributed by atoms with Crippen molar-refractivity contribution >= 4 is 35.7 Å². The average molecular weight is 696 g/mol. The molecule has 1 aliphatic carbocycles. The van der Waals surface area contributed by atoms with Gasteiger partial charge in [0.05, 0.1) is 12.3 Å². The van der Waals surface area contributed by atoms with Crippen LogP contribution in [-0.4, -0.2) is 141 Å². The van der Waals surface area contributed by atoms with Crippen molar-refractivity contribution < 1.29 is 43.3 Å². The summed E-state index contributed by atoms with van der Waals surface area (Å²) >= 11 is 0. The van der Waals surface area contributed by atoms with E-state index in [4.69, 9.17) is 9.47 Å². The first-order valence-electron chi connectivity index (χ1n) is 17.1. The van der Waals surface area contributed by atoms with Gasteiger partial charge in [0.2, 0.25) is 17.7 Å². The third kappa shape index (κ3) is 8.52. The van der Waals surface area contributed by atoms with Gasteiger partial charge in [-0.15, -0.1) is 0 Å². The van der Waals surface area contributed by atoms with Gasteiger partial charge in [-0.2, -0.15) is 5.10 Å². The molecule has 3 atom stereocenters. The number of likely N-dealkylation sites (N-methyl/N-ethyl adjacent to an activating group) is 1. The monoisotopic (exact) mass is 695 g/mol. The van der Waals surface area contributed by atoms with Gasteiger partial charge in [-0.05, 0) is 58.1 Å². The van der Waals surface area contributed by atoms with Crippen molar-refractivity contribution in [2.75, 3.05) is 46.4 Å². The van der Waals surface area contributed by atoms with Crippen molar-refractivity contribution in [1.29, 1.82) is 0 Å². The van der Waals surface area contributed by atoms with E-state index in [0.29, 0.717) is 25.1 Å². The Morgan fingerprint density at radius 1 is 1.04 bits per heavy atom. The maximum Gasteiger partial charge on any atom is 0.409 e. The van der Waals surface area contributed by atoms with Crippen LogP contribution < -0.4 is 10.1 Å². The Morgan fingerprint density at radius 2 is 1.78 bits per heavy atom. The van der Waals surface area contributed by atoms with Crippen LogP contribution in [0, 0.1) is 0 Å². The number of benzene rings is 1. The molecule has 5 amide bonds. The molecule has 1 saturated carbocycles. The Balaban J connectivity index is 1.30. The van der Waals surface area contributed by atoms with Gasteiger partial charge in [0, 0.05) is 57.8 Å². The molecular weight excluding hydrogens is 650 g/mol. The van der Waals surface area contributed by atoms with E-state index in [2.05, 4.69) is 10.4 Å². The van der Waals surface area contributed by atoms with Crippen LogP contribution in [0.15, 0.2) is 36.4 Å². The van der Waals surface area contributed by atoms with Gasteiger partial charge >= 0.3 is 12.1 Å². The zero-order valence-corrected chi connectivity index (χ0v) is 28.7. The first-order chi connectivity index (χ1) is 24.0. The van der Waals surface area contributed by atoms with Crippen LogP contribution in [-0.2, 0) is 23.9 Å². The molecule has 270 valence electrons. The third-order valence-electron chi connectivity index (χ3n) is 9.24. The molecule has 16 nitrogen and oxygen atoms in total. The van der Waals surface area contributed by atoms with Crippen molar-refractivity contribution in [3.63, 3.8) is 0 Å². The number of carboxylic acids is 1.